The Morgan fingerprint density at radius 2 is 2.13 bits per heavy atom. The van der Waals surface area contributed by atoms with Crippen LogP contribution in [0, 0.1) is 17.7 Å². The molecule has 30 heavy (non-hydrogen) atoms. The third-order valence-electron chi connectivity index (χ3n) is 6.25. The van der Waals surface area contributed by atoms with Crippen molar-refractivity contribution in [1.82, 2.24) is 19.8 Å². The molecule has 2 aliphatic rings. The molecule has 1 aliphatic heterocycles. The van der Waals surface area contributed by atoms with Crippen LogP contribution in [0.1, 0.15) is 37.9 Å². The lowest BCUT2D eigenvalue weighted by Gasteiger charge is -2.37. The Bertz CT molecular complexity index is 849. The molecule has 1 saturated carbocycles. The lowest BCUT2D eigenvalue weighted by molar-refractivity contribution is -0.128. The number of amides is 1. The van der Waals surface area contributed by atoms with Crippen LogP contribution < -0.4 is 10.1 Å². The Balaban J connectivity index is 1.41. The number of hydrogen-bond acceptors (Lipinski definition) is 4. The number of halogens is 1. The van der Waals surface area contributed by atoms with Crippen LogP contribution in [0.4, 0.5) is 4.39 Å². The van der Waals surface area contributed by atoms with Gasteiger partial charge in [0.2, 0.25) is 5.91 Å². The van der Waals surface area contributed by atoms with E-state index in [1.807, 2.05) is 17.8 Å². The summed E-state index contributed by atoms with van der Waals surface area (Å²) in [5, 5.41) is 3.26. The van der Waals surface area contributed by atoms with E-state index >= 15 is 0 Å². The van der Waals surface area contributed by atoms with Crippen molar-refractivity contribution < 1.29 is 13.9 Å². The number of aromatic nitrogens is 2. The fraction of sp³-hybridized carbons (Fsp3) is 0.565. The average molecular weight is 415 g/mol. The van der Waals surface area contributed by atoms with Crippen LogP contribution in [0.25, 0.3) is 0 Å². The van der Waals surface area contributed by atoms with Gasteiger partial charge in [0.05, 0.1) is 19.1 Å². The molecule has 4 rings (SSSR count). The maximum atomic E-state index is 13.5. The Kier molecular flexibility index (Phi) is 6.67. The first-order valence-corrected chi connectivity index (χ1v) is 10.9. The van der Waals surface area contributed by atoms with E-state index in [2.05, 4.69) is 15.2 Å². The molecule has 6 nitrogen and oxygen atoms in total. The number of piperidine rings is 1. The maximum Gasteiger partial charge on any atom is 0.224 e. The molecule has 1 saturated heterocycles. The van der Waals surface area contributed by atoms with Crippen LogP contribution in [-0.2, 0) is 18.4 Å². The van der Waals surface area contributed by atoms with Crippen molar-refractivity contribution in [2.75, 3.05) is 19.7 Å². The highest BCUT2D eigenvalue weighted by Gasteiger charge is 2.33. The van der Waals surface area contributed by atoms with Gasteiger partial charge < -0.3 is 14.6 Å². The molecule has 0 radical (unpaired) electrons. The van der Waals surface area contributed by atoms with Crippen molar-refractivity contribution in [1.29, 1.82) is 0 Å². The zero-order valence-electron chi connectivity index (χ0n) is 17.6. The number of imidazole rings is 1. The fourth-order valence-corrected chi connectivity index (χ4v) is 4.65. The van der Waals surface area contributed by atoms with Gasteiger partial charge in [0.25, 0.3) is 0 Å². The first-order valence-electron chi connectivity index (χ1n) is 10.9. The predicted octanol–water partition coefficient (Wildman–Crippen LogP) is 3.14. The van der Waals surface area contributed by atoms with Crippen LogP contribution in [0.3, 0.4) is 0 Å². The number of aryl methyl sites for hydroxylation is 1. The van der Waals surface area contributed by atoms with Crippen molar-refractivity contribution in [3.8, 4) is 5.75 Å². The number of nitrogens with zero attached hydrogens (tertiary/aromatic N) is 3. The molecule has 0 bridgehead atoms. The SMILES string of the molecule is Cn1ccnc1CN1C[C@@H](COc2cccc(F)c2)C[C@@H](C(=O)NC2CCCC2)C1. The minimum absolute atomic E-state index is 0.0688. The highest BCUT2D eigenvalue weighted by atomic mass is 19.1. The van der Waals surface area contributed by atoms with Crippen LogP contribution in [0.15, 0.2) is 36.7 Å². The summed E-state index contributed by atoms with van der Waals surface area (Å²) >= 11 is 0. The van der Waals surface area contributed by atoms with Gasteiger partial charge in [-0.25, -0.2) is 9.37 Å². The molecule has 2 heterocycles. The number of likely N-dealkylation sites (tertiary alicyclic amines) is 1. The average Bonchev–Trinajstić information content (AvgIpc) is 3.38. The number of ether oxygens (including phenoxy) is 1. The molecule has 0 spiro atoms. The second kappa shape index (κ2) is 9.60. The quantitative estimate of drug-likeness (QED) is 0.756. The Hall–Kier alpha value is -2.41. The molecule has 2 aromatic rings. The van der Waals surface area contributed by atoms with Gasteiger partial charge in [-0.3, -0.25) is 9.69 Å². The monoisotopic (exact) mass is 414 g/mol. The molecular formula is C23H31FN4O2. The first kappa shape index (κ1) is 20.8. The standard InChI is InChI=1S/C23H31FN4O2/c1-27-10-9-25-22(27)15-28-13-17(16-30-21-8-4-5-19(24)12-21)11-18(14-28)23(29)26-20-6-2-3-7-20/h4-5,8-10,12,17-18,20H,2-3,6-7,11,13-16H2,1H3,(H,26,29)/t17-,18+/m0/s1. The maximum absolute atomic E-state index is 13.5. The number of benzene rings is 1. The number of hydrogen-bond donors (Lipinski definition) is 1. The third-order valence-corrected chi connectivity index (χ3v) is 6.25. The van der Waals surface area contributed by atoms with Gasteiger partial charge in [0, 0.05) is 50.6 Å². The van der Waals surface area contributed by atoms with E-state index in [0.717, 1.165) is 38.2 Å². The van der Waals surface area contributed by atoms with E-state index in [9.17, 15) is 9.18 Å². The summed E-state index contributed by atoms with van der Waals surface area (Å²) in [7, 11) is 1.99. The molecular weight excluding hydrogens is 383 g/mol. The van der Waals surface area contributed by atoms with Crippen molar-refractivity contribution >= 4 is 5.91 Å². The second-order valence-electron chi connectivity index (χ2n) is 8.71. The van der Waals surface area contributed by atoms with Gasteiger partial charge in [-0.15, -0.1) is 0 Å². The number of carbonyl (C=O) groups is 1. The Morgan fingerprint density at radius 3 is 2.87 bits per heavy atom. The summed E-state index contributed by atoms with van der Waals surface area (Å²) in [6, 6.07) is 6.55. The van der Waals surface area contributed by atoms with Crippen LogP contribution in [-0.4, -0.2) is 46.1 Å². The van der Waals surface area contributed by atoms with Crippen LogP contribution in [0.5, 0.6) is 5.75 Å². The largest absolute Gasteiger partial charge is 0.493 e. The van der Waals surface area contributed by atoms with Crippen molar-refractivity contribution in [3.63, 3.8) is 0 Å². The Morgan fingerprint density at radius 1 is 1.30 bits per heavy atom. The van der Waals surface area contributed by atoms with E-state index < -0.39 is 0 Å². The summed E-state index contributed by atoms with van der Waals surface area (Å²) in [6.45, 7) is 2.72. The lowest BCUT2D eigenvalue weighted by Crippen LogP contribution is -2.49. The van der Waals surface area contributed by atoms with Gasteiger partial charge in [0.1, 0.15) is 17.4 Å². The molecule has 7 heteroatoms. The predicted molar refractivity (Wildman–Crippen MR) is 112 cm³/mol. The minimum atomic E-state index is -0.304. The molecule has 162 valence electrons. The molecule has 2 atom stereocenters. The molecule has 1 aromatic carbocycles. The first-order chi connectivity index (χ1) is 14.6. The van der Waals surface area contributed by atoms with E-state index in [1.165, 1.54) is 25.0 Å². The number of carbonyl (C=O) groups excluding carboxylic acids is 1. The summed E-state index contributed by atoms with van der Waals surface area (Å²) in [5.41, 5.74) is 0. The van der Waals surface area contributed by atoms with Gasteiger partial charge in [-0.1, -0.05) is 18.9 Å². The smallest absolute Gasteiger partial charge is 0.224 e. The Labute approximate surface area is 177 Å². The van der Waals surface area contributed by atoms with Crippen molar-refractivity contribution in [3.05, 3.63) is 48.3 Å². The minimum Gasteiger partial charge on any atom is -0.493 e. The highest BCUT2D eigenvalue weighted by Crippen LogP contribution is 2.26. The molecule has 1 amide bonds. The summed E-state index contributed by atoms with van der Waals surface area (Å²) < 4.78 is 21.3. The lowest BCUT2D eigenvalue weighted by atomic mass is 9.88. The van der Waals surface area contributed by atoms with Crippen LogP contribution >= 0.6 is 0 Å². The summed E-state index contributed by atoms with van der Waals surface area (Å²) in [5.74, 6) is 1.49. The zero-order chi connectivity index (χ0) is 20.9. The van der Waals surface area contributed by atoms with E-state index in [0.29, 0.717) is 24.9 Å². The molecule has 2 fully saturated rings. The molecule has 1 aliphatic carbocycles. The van der Waals surface area contributed by atoms with Gasteiger partial charge in [-0.2, -0.15) is 0 Å². The van der Waals surface area contributed by atoms with Gasteiger partial charge in [0.15, 0.2) is 0 Å². The second-order valence-corrected chi connectivity index (χ2v) is 8.71. The van der Waals surface area contributed by atoms with E-state index in [4.69, 9.17) is 4.74 Å². The number of nitrogens with one attached hydrogen (secondary N) is 1. The van der Waals surface area contributed by atoms with E-state index in [1.54, 1.807) is 18.3 Å². The van der Waals surface area contributed by atoms with E-state index in [-0.39, 0.29) is 23.6 Å². The zero-order valence-corrected chi connectivity index (χ0v) is 17.6. The summed E-state index contributed by atoms with van der Waals surface area (Å²) in [4.78, 5) is 19.7. The topological polar surface area (TPSA) is 59.4 Å². The molecule has 1 aromatic heterocycles. The number of rotatable bonds is 7. The normalized spacial score (nSPS) is 22.9. The van der Waals surface area contributed by atoms with Crippen molar-refractivity contribution in [2.45, 2.75) is 44.7 Å². The fourth-order valence-electron chi connectivity index (χ4n) is 4.65. The third kappa shape index (κ3) is 5.39. The molecule has 1 N–H and O–H groups in total. The summed E-state index contributed by atoms with van der Waals surface area (Å²) in [6.07, 6.45) is 9.09. The van der Waals surface area contributed by atoms with Crippen LogP contribution in [0.2, 0.25) is 0 Å². The highest BCUT2D eigenvalue weighted by molar-refractivity contribution is 5.79. The van der Waals surface area contributed by atoms with Gasteiger partial charge in [-0.05, 0) is 31.4 Å². The van der Waals surface area contributed by atoms with Crippen molar-refractivity contribution in [2.24, 2.45) is 18.9 Å². The molecule has 0 unspecified atom stereocenters. The van der Waals surface area contributed by atoms with Gasteiger partial charge >= 0.3 is 0 Å².